The van der Waals surface area contributed by atoms with E-state index in [1.807, 2.05) is 0 Å². The van der Waals surface area contributed by atoms with Crippen LogP contribution in [0.25, 0.3) is 0 Å². The molecule has 10 heteroatoms. The Morgan fingerprint density at radius 3 is 1.79 bits per heavy atom. The van der Waals surface area contributed by atoms with Gasteiger partial charge in [0.05, 0.1) is 9.85 Å². The minimum absolute atomic E-state index is 0.0771. The lowest BCUT2D eigenvalue weighted by Gasteiger charge is -2.47. The Morgan fingerprint density at radius 2 is 1.32 bits per heavy atom. The minimum Gasteiger partial charge on any atom is -0.351 e. The number of amides is 2. The molecule has 0 bridgehead atoms. The highest BCUT2D eigenvalue weighted by Gasteiger charge is 2.42. The van der Waals surface area contributed by atoms with Crippen LogP contribution in [0.5, 0.6) is 0 Å². The second kappa shape index (κ2) is 9.58. The van der Waals surface area contributed by atoms with E-state index in [0.717, 1.165) is 12.8 Å². The first-order valence-electron chi connectivity index (χ1n) is 11.0. The highest BCUT2D eigenvalue weighted by molar-refractivity contribution is 5.95. The highest BCUT2D eigenvalue weighted by atomic mass is 16.6. The average Bonchev–Trinajstić information content (AvgIpc) is 2.76. The summed E-state index contributed by atoms with van der Waals surface area (Å²) in [5, 5.41) is 27.6. The van der Waals surface area contributed by atoms with Crippen LogP contribution in [0.3, 0.4) is 0 Å². The molecule has 0 spiro atoms. The second-order valence-electron chi connectivity index (χ2n) is 10.0. The van der Waals surface area contributed by atoms with Crippen molar-refractivity contribution in [2.75, 3.05) is 6.54 Å². The number of nitrogens with zero attached hydrogens (tertiary/aromatic N) is 2. The first-order valence-corrected chi connectivity index (χ1v) is 11.0. The molecule has 2 aromatic carbocycles. The fraction of sp³-hybridized carbons (Fsp3) is 0.417. The van der Waals surface area contributed by atoms with Gasteiger partial charge >= 0.3 is 0 Å². The molecule has 34 heavy (non-hydrogen) atoms. The van der Waals surface area contributed by atoms with E-state index in [-0.39, 0.29) is 40.1 Å². The Bertz CT molecular complexity index is 1100. The number of rotatable bonds is 7. The molecule has 0 radical (unpaired) electrons. The molecule has 1 fully saturated rings. The first kappa shape index (κ1) is 24.8. The first-order chi connectivity index (χ1) is 15.9. The van der Waals surface area contributed by atoms with E-state index in [1.165, 1.54) is 48.5 Å². The number of nitro groups is 2. The molecule has 2 aromatic rings. The fourth-order valence-electron chi connectivity index (χ4n) is 5.00. The lowest BCUT2D eigenvalue weighted by atomic mass is 9.62. The van der Waals surface area contributed by atoms with E-state index in [2.05, 4.69) is 31.4 Å². The summed E-state index contributed by atoms with van der Waals surface area (Å²) < 4.78 is 0. The van der Waals surface area contributed by atoms with Gasteiger partial charge in [-0.25, -0.2) is 0 Å². The number of carbonyl (C=O) groups excluding carboxylic acids is 2. The average molecular weight is 469 g/mol. The summed E-state index contributed by atoms with van der Waals surface area (Å²) in [6, 6.07) is 10.8. The van der Waals surface area contributed by atoms with Crippen LogP contribution >= 0.6 is 0 Å². The third kappa shape index (κ3) is 6.15. The van der Waals surface area contributed by atoms with Gasteiger partial charge in [0.2, 0.25) is 0 Å². The van der Waals surface area contributed by atoms with Gasteiger partial charge in [0.25, 0.3) is 23.2 Å². The van der Waals surface area contributed by atoms with E-state index in [1.54, 1.807) is 0 Å². The van der Waals surface area contributed by atoms with Gasteiger partial charge in [-0.15, -0.1) is 0 Å². The summed E-state index contributed by atoms with van der Waals surface area (Å²) in [5.74, 6) is -0.610. The van der Waals surface area contributed by atoms with Gasteiger partial charge in [-0.05, 0) is 54.4 Å². The molecule has 0 saturated heterocycles. The smallest absolute Gasteiger partial charge is 0.269 e. The second-order valence-corrected chi connectivity index (χ2v) is 10.0. The molecule has 180 valence electrons. The maximum atomic E-state index is 12.7. The predicted octanol–water partition coefficient (Wildman–Crippen LogP) is 4.25. The standard InChI is InChI=1S/C24H28N4O6/c1-23(2)12-18(26-22(30)17-6-10-20(11-7-17)28(33)34)13-24(3,14-23)15-25-21(29)16-4-8-19(9-5-16)27(31)32/h4-11,18H,12-15H2,1-3H3,(H,25,29)(H,26,30). The van der Waals surface area contributed by atoms with Crippen molar-refractivity contribution in [2.24, 2.45) is 10.8 Å². The fourth-order valence-corrected chi connectivity index (χ4v) is 5.00. The van der Waals surface area contributed by atoms with Crippen LogP contribution in [0.1, 0.15) is 60.7 Å². The normalized spacial score (nSPS) is 21.3. The van der Waals surface area contributed by atoms with Crippen LogP contribution in [0, 0.1) is 31.1 Å². The van der Waals surface area contributed by atoms with Crippen LogP contribution in [0.15, 0.2) is 48.5 Å². The molecule has 0 aromatic heterocycles. The molecular formula is C24H28N4O6. The zero-order chi connectivity index (χ0) is 25.1. The monoisotopic (exact) mass is 468 g/mol. The number of nitro benzene ring substituents is 2. The largest absolute Gasteiger partial charge is 0.351 e. The summed E-state index contributed by atoms with van der Waals surface area (Å²) in [5.41, 5.74) is 0.162. The predicted molar refractivity (Wildman–Crippen MR) is 126 cm³/mol. The molecule has 1 aliphatic rings. The molecule has 1 aliphatic carbocycles. The van der Waals surface area contributed by atoms with Crippen molar-refractivity contribution in [3.63, 3.8) is 0 Å². The van der Waals surface area contributed by atoms with Crippen molar-refractivity contribution >= 4 is 23.2 Å². The van der Waals surface area contributed by atoms with E-state index >= 15 is 0 Å². The Hall–Kier alpha value is -3.82. The summed E-state index contributed by atoms with van der Waals surface area (Å²) in [6.45, 7) is 6.69. The van der Waals surface area contributed by atoms with Crippen LogP contribution in [0.4, 0.5) is 11.4 Å². The Labute approximate surface area is 197 Å². The molecule has 0 heterocycles. The van der Waals surface area contributed by atoms with Crippen LogP contribution in [-0.2, 0) is 0 Å². The maximum absolute atomic E-state index is 12.7. The Balaban J connectivity index is 1.64. The quantitative estimate of drug-likeness (QED) is 0.459. The van der Waals surface area contributed by atoms with Gasteiger partial charge in [0.15, 0.2) is 0 Å². The summed E-state index contributed by atoms with van der Waals surface area (Å²) >= 11 is 0. The molecule has 2 unspecified atom stereocenters. The highest BCUT2D eigenvalue weighted by Crippen LogP contribution is 2.45. The molecule has 3 rings (SSSR count). The molecule has 1 saturated carbocycles. The number of hydrogen-bond acceptors (Lipinski definition) is 6. The third-order valence-electron chi connectivity index (χ3n) is 6.14. The lowest BCUT2D eigenvalue weighted by molar-refractivity contribution is -0.385. The molecule has 0 aliphatic heterocycles. The zero-order valence-electron chi connectivity index (χ0n) is 19.4. The van der Waals surface area contributed by atoms with Crippen LogP contribution in [-0.4, -0.2) is 34.2 Å². The van der Waals surface area contributed by atoms with Gasteiger partial charge in [0.1, 0.15) is 0 Å². The van der Waals surface area contributed by atoms with Crippen molar-refractivity contribution in [3.05, 3.63) is 79.9 Å². The van der Waals surface area contributed by atoms with Gasteiger partial charge in [-0.3, -0.25) is 29.8 Å². The maximum Gasteiger partial charge on any atom is 0.269 e. The molecular weight excluding hydrogens is 440 g/mol. The van der Waals surface area contributed by atoms with E-state index in [9.17, 15) is 29.8 Å². The van der Waals surface area contributed by atoms with Crippen molar-refractivity contribution in [1.29, 1.82) is 0 Å². The number of non-ortho nitro benzene ring substituents is 2. The minimum atomic E-state index is -0.516. The summed E-state index contributed by atoms with van der Waals surface area (Å²) in [7, 11) is 0. The lowest BCUT2D eigenvalue weighted by Crippen LogP contribution is -2.50. The SMILES string of the molecule is CC1(C)CC(NC(=O)c2ccc([N+](=O)[O-])cc2)CC(C)(CNC(=O)c2ccc([N+](=O)[O-])cc2)C1. The third-order valence-corrected chi connectivity index (χ3v) is 6.14. The number of hydrogen-bond donors (Lipinski definition) is 2. The molecule has 2 atom stereocenters. The van der Waals surface area contributed by atoms with Crippen LogP contribution in [0.2, 0.25) is 0 Å². The Kier molecular flexibility index (Phi) is 6.99. The summed E-state index contributed by atoms with van der Waals surface area (Å²) in [4.78, 5) is 45.9. The van der Waals surface area contributed by atoms with Crippen molar-refractivity contribution in [2.45, 2.75) is 46.1 Å². The van der Waals surface area contributed by atoms with Gasteiger partial charge in [0, 0.05) is 48.0 Å². The van der Waals surface area contributed by atoms with Gasteiger partial charge in [-0.1, -0.05) is 20.8 Å². The van der Waals surface area contributed by atoms with Gasteiger partial charge in [-0.2, -0.15) is 0 Å². The van der Waals surface area contributed by atoms with Crippen molar-refractivity contribution in [1.82, 2.24) is 10.6 Å². The number of benzene rings is 2. The number of carbonyl (C=O) groups is 2. The zero-order valence-corrected chi connectivity index (χ0v) is 19.4. The van der Waals surface area contributed by atoms with Gasteiger partial charge < -0.3 is 10.6 Å². The van der Waals surface area contributed by atoms with Crippen LogP contribution < -0.4 is 10.6 Å². The van der Waals surface area contributed by atoms with E-state index in [0.29, 0.717) is 24.1 Å². The van der Waals surface area contributed by atoms with E-state index in [4.69, 9.17) is 0 Å². The molecule has 2 amide bonds. The van der Waals surface area contributed by atoms with E-state index < -0.39 is 9.85 Å². The molecule has 10 nitrogen and oxygen atoms in total. The molecule has 2 N–H and O–H groups in total. The van der Waals surface area contributed by atoms with Crippen molar-refractivity contribution < 1.29 is 19.4 Å². The topological polar surface area (TPSA) is 144 Å². The van der Waals surface area contributed by atoms with Crippen molar-refractivity contribution in [3.8, 4) is 0 Å². The summed E-state index contributed by atoms with van der Waals surface area (Å²) in [6.07, 6.45) is 2.25. The number of nitrogens with one attached hydrogen (secondary N) is 2. The Morgan fingerprint density at radius 1 is 0.853 bits per heavy atom.